The topological polar surface area (TPSA) is 285 Å². The van der Waals surface area contributed by atoms with E-state index in [1.165, 1.54) is 99.2 Å². The van der Waals surface area contributed by atoms with Gasteiger partial charge in [-0.2, -0.15) is 8.61 Å². The van der Waals surface area contributed by atoms with Gasteiger partial charge in [0.1, 0.15) is 24.2 Å². The van der Waals surface area contributed by atoms with Gasteiger partial charge in [0, 0.05) is 93.4 Å². The molecular formula is C60H92N8O16S2. The van der Waals surface area contributed by atoms with Crippen LogP contribution in [-0.2, 0) is 90.2 Å². The maximum atomic E-state index is 15.0. The van der Waals surface area contributed by atoms with Gasteiger partial charge >= 0.3 is 23.9 Å². The van der Waals surface area contributed by atoms with Gasteiger partial charge < -0.3 is 49.2 Å². The molecule has 0 bridgehead atoms. The van der Waals surface area contributed by atoms with Crippen molar-refractivity contribution in [2.75, 3.05) is 80.5 Å². The predicted molar refractivity (Wildman–Crippen MR) is 318 cm³/mol. The highest BCUT2D eigenvalue weighted by Gasteiger charge is 2.43. The number of likely N-dealkylation sites (N-methyl/N-ethyl adjacent to an activating group) is 4. The normalized spacial score (nSPS) is 25.4. The lowest BCUT2D eigenvalue weighted by atomic mass is 10.00. The van der Waals surface area contributed by atoms with E-state index in [9.17, 15) is 45.6 Å². The molecule has 4 amide bonds. The standard InChI is InChI=1S/C60H92N8O16S2/c1-37(2)31-47-57(73)81-41(9)53(69)63(11)50(34-40(7)8)60(76)84-52(36-44-17-21-46(22-18-44)86(79,80)68-29-25-62-26-30-68)56(72)66(14)48(32-38(3)4)58(74)82-42(10)54(70)64(12)49(33-39(5)6)59(75)83-51(55(71)65(47)13)35-43-15-19-45(20-16-43)85(77,78)67-27-23-61-24-28-67/h15-22,37-42,47-52,61-62H,23-36H2,1-14H3/t41-,42-,47+,48+,49+,50+,51-,52-/m1/s1. The van der Waals surface area contributed by atoms with Crippen LogP contribution in [0.2, 0.25) is 0 Å². The van der Waals surface area contributed by atoms with Crippen molar-refractivity contribution >= 4 is 67.6 Å². The van der Waals surface area contributed by atoms with E-state index in [1.54, 1.807) is 55.4 Å². The number of nitrogens with zero attached hydrogens (tertiary/aromatic N) is 6. The SMILES string of the molecule is CC(C)C[C@H]1C(=O)O[C@H](Cc2ccc(S(=O)(=O)N3CCNCC3)cc2)C(=O)N(C)[C@@H](CC(C)C)C(=O)O[C@H](C)C(=O)N(C)[C@@H](CC(C)C)C(=O)O[C@H](Cc2ccc(S(=O)(=O)N3CCNCC3)cc2)C(=O)N(C)[C@@H](CC(C)C)C(=O)O[C@H](C)C(=O)N1C. The fourth-order valence-electron chi connectivity index (χ4n) is 10.6. The highest BCUT2D eigenvalue weighted by atomic mass is 32.2. The van der Waals surface area contributed by atoms with Crippen LogP contribution in [0.25, 0.3) is 0 Å². The summed E-state index contributed by atoms with van der Waals surface area (Å²) in [5, 5.41) is 6.26. The number of piperazine rings is 2. The Hall–Kier alpha value is -6.06. The molecule has 480 valence electrons. The van der Waals surface area contributed by atoms with Gasteiger partial charge in [-0.3, -0.25) is 19.2 Å². The molecule has 2 aromatic rings. The summed E-state index contributed by atoms with van der Waals surface area (Å²) >= 11 is 0. The maximum Gasteiger partial charge on any atom is 0.329 e. The minimum atomic E-state index is -3.89. The lowest BCUT2D eigenvalue weighted by Crippen LogP contribution is -2.55. The second kappa shape index (κ2) is 31.2. The van der Waals surface area contributed by atoms with Gasteiger partial charge in [0.2, 0.25) is 20.0 Å². The molecule has 0 saturated carbocycles. The van der Waals surface area contributed by atoms with Crippen molar-refractivity contribution in [2.45, 2.75) is 166 Å². The first-order chi connectivity index (χ1) is 40.3. The van der Waals surface area contributed by atoms with Crippen molar-refractivity contribution < 1.29 is 74.1 Å². The quantitative estimate of drug-likeness (QED) is 0.180. The smallest absolute Gasteiger partial charge is 0.329 e. The summed E-state index contributed by atoms with van der Waals surface area (Å²) in [4.78, 5) is 122. The van der Waals surface area contributed by atoms with Crippen molar-refractivity contribution in [1.82, 2.24) is 38.8 Å². The number of ether oxygens (including phenoxy) is 4. The summed E-state index contributed by atoms with van der Waals surface area (Å²) < 4.78 is 81.1. The number of cyclic esters (lactones) is 4. The minimum Gasteiger partial charge on any atom is -0.451 e. The molecule has 5 rings (SSSR count). The number of hydrogen-bond acceptors (Lipinski definition) is 18. The average molecular weight is 1250 g/mol. The Labute approximate surface area is 508 Å². The van der Waals surface area contributed by atoms with Gasteiger partial charge in [-0.05, 0) is 98.6 Å². The Morgan fingerprint density at radius 1 is 0.407 bits per heavy atom. The second-order valence-electron chi connectivity index (χ2n) is 24.4. The number of nitrogens with one attached hydrogen (secondary N) is 2. The van der Waals surface area contributed by atoms with Crippen LogP contribution in [0, 0.1) is 23.7 Å². The molecule has 0 spiro atoms. The van der Waals surface area contributed by atoms with E-state index in [1.807, 2.05) is 0 Å². The summed E-state index contributed by atoms with van der Waals surface area (Å²) in [6.45, 7) is 20.0. The molecule has 86 heavy (non-hydrogen) atoms. The molecular weight excluding hydrogens is 1150 g/mol. The number of carbonyl (C=O) groups is 8. The number of benzene rings is 2. The number of amides is 4. The van der Waals surface area contributed by atoms with Crippen LogP contribution < -0.4 is 10.6 Å². The van der Waals surface area contributed by atoms with Crippen molar-refractivity contribution in [3.8, 4) is 0 Å². The van der Waals surface area contributed by atoms with Gasteiger partial charge in [0.05, 0.1) is 9.79 Å². The zero-order chi connectivity index (χ0) is 64.1. The third-order valence-electron chi connectivity index (χ3n) is 15.6. The molecule has 0 radical (unpaired) electrons. The molecule has 2 aromatic carbocycles. The monoisotopic (exact) mass is 1240 g/mol. The summed E-state index contributed by atoms with van der Waals surface area (Å²) in [5.74, 6) is -8.51. The molecule has 2 N–H and O–H groups in total. The van der Waals surface area contributed by atoms with Gasteiger partial charge in [-0.15, -0.1) is 0 Å². The van der Waals surface area contributed by atoms with E-state index in [2.05, 4.69) is 10.6 Å². The fraction of sp³-hybridized carbons (Fsp3) is 0.667. The second-order valence-corrected chi connectivity index (χ2v) is 28.3. The molecule has 3 aliphatic rings. The fourth-order valence-corrected chi connectivity index (χ4v) is 13.5. The molecule has 8 atom stereocenters. The zero-order valence-corrected chi connectivity index (χ0v) is 54.1. The van der Waals surface area contributed by atoms with Crippen molar-refractivity contribution in [1.29, 1.82) is 0 Å². The van der Waals surface area contributed by atoms with E-state index in [-0.39, 0.29) is 98.2 Å². The van der Waals surface area contributed by atoms with Crippen LogP contribution in [0.4, 0.5) is 0 Å². The average Bonchev–Trinajstić information content (AvgIpc) is 3.08. The van der Waals surface area contributed by atoms with Crippen molar-refractivity contribution in [3.05, 3.63) is 59.7 Å². The number of rotatable bonds is 16. The van der Waals surface area contributed by atoms with Gasteiger partial charge in [0.15, 0.2) is 24.4 Å². The van der Waals surface area contributed by atoms with Gasteiger partial charge in [-0.1, -0.05) is 79.7 Å². The first-order valence-electron chi connectivity index (χ1n) is 29.7. The predicted octanol–water partition coefficient (Wildman–Crippen LogP) is 2.85. The Kier molecular flexibility index (Phi) is 25.7. The van der Waals surface area contributed by atoms with E-state index >= 15 is 9.59 Å². The molecule has 3 saturated heterocycles. The molecule has 24 nitrogen and oxygen atoms in total. The Morgan fingerprint density at radius 2 is 0.651 bits per heavy atom. The van der Waals surface area contributed by atoms with Crippen LogP contribution in [0.5, 0.6) is 0 Å². The van der Waals surface area contributed by atoms with Crippen LogP contribution in [-0.4, -0.2) is 222 Å². The van der Waals surface area contributed by atoms with E-state index in [0.717, 1.165) is 19.6 Å². The third-order valence-corrected chi connectivity index (χ3v) is 19.4. The highest BCUT2D eigenvalue weighted by Crippen LogP contribution is 2.26. The Morgan fingerprint density at radius 3 is 0.907 bits per heavy atom. The first-order valence-corrected chi connectivity index (χ1v) is 32.6. The Balaban J connectivity index is 1.60. The van der Waals surface area contributed by atoms with E-state index in [0.29, 0.717) is 37.3 Å². The first kappa shape index (κ1) is 70.7. The molecule has 0 aliphatic carbocycles. The summed E-state index contributed by atoms with van der Waals surface area (Å²) in [6.07, 6.45) is -7.17. The van der Waals surface area contributed by atoms with Crippen LogP contribution in [0.15, 0.2) is 58.3 Å². The van der Waals surface area contributed by atoms with E-state index < -0.39 is 116 Å². The summed E-state index contributed by atoms with van der Waals surface area (Å²) in [6, 6.07) is 6.00. The molecule has 3 heterocycles. The van der Waals surface area contributed by atoms with Crippen LogP contribution in [0.3, 0.4) is 0 Å². The number of hydrogen-bond donors (Lipinski definition) is 2. The number of esters is 4. The number of sulfonamides is 2. The molecule has 3 aliphatic heterocycles. The molecule has 0 aromatic heterocycles. The lowest BCUT2D eigenvalue weighted by Gasteiger charge is -2.35. The van der Waals surface area contributed by atoms with Gasteiger partial charge in [0.25, 0.3) is 23.6 Å². The summed E-state index contributed by atoms with van der Waals surface area (Å²) in [7, 11) is -2.50. The lowest BCUT2D eigenvalue weighted by molar-refractivity contribution is -0.176. The van der Waals surface area contributed by atoms with Crippen molar-refractivity contribution in [2.24, 2.45) is 23.7 Å². The molecule has 26 heteroatoms. The van der Waals surface area contributed by atoms with E-state index in [4.69, 9.17) is 18.9 Å². The van der Waals surface area contributed by atoms with Crippen molar-refractivity contribution in [3.63, 3.8) is 0 Å². The third kappa shape index (κ3) is 18.5. The zero-order valence-electron chi connectivity index (χ0n) is 52.5. The van der Waals surface area contributed by atoms with Crippen LogP contribution in [0.1, 0.15) is 106 Å². The largest absolute Gasteiger partial charge is 0.451 e. The molecule has 0 unspecified atom stereocenters. The number of carbonyl (C=O) groups excluding carboxylic acids is 8. The maximum absolute atomic E-state index is 15.0. The minimum absolute atomic E-state index is 0.000222. The Bertz CT molecular complexity index is 2700. The highest BCUT2D eigenvalue weighted by molar-refractivity contribution is 7.89. The van der Waals surface area contributed by atoms with Gasteiger partial charge in [-0.25, -0.2) is 36.0 Å². The molecule has 3 fully saturated rings. The van der Waals surface area contributed by atoms with Crippen LogP contribution >= 0.6 is 0 Å². The summed E-state index contributed by atoms with van der Waals surface area (Å²) in [5.41, 5.74) is 0.752.